The van der Waals surface area contributed by atoms with Crippen LogP contribution in [-0.4, -0.2) is 24.5 Å². The molecule has 1 fully saturated rings. The maximum Gasteiger partial charge on any atom is -0.00187 e. The first-order valence-electron chi connectivity index (χ1n) is 11.7. The van der Waals surface area contributed by atoms with E-state index in [0.717, 1.165) is 0 Å². The Morgan fingerprint density at radius 3 is 1.19 bits per heavy atom. The van der Waals surface area contributed by atoms with E-state index in [9.17, 15) is 0 Å². The summed E-state index contributed by atoms with van der Waals surface area (Å²) in [7, 11) is 0. The Labute approximate surface area is 178 Å². The smallest absolute Gasteiger partial charge is 0.00187 e. The Morgan fingerprint density at radius 1 is 0.462 bits per heavy atom. The van der Waals surface area contributed by atoms with Gasteiger partial charge >= 0.3 is 0 Å². The highest BCUT2D eigenvalue weighted by Crippen LogP contribution is 2.14. The first-order valence-corrected chi connectivity index (χ1v) is 11.7. The lowest BCUT2D eigenvalue weighted by Crippen LogP contribution is -2.30. The van der Waals surface area contributed by atoms with Crippen LogP contribution in [0.4, 0.5) is 0 Å². The maximum atomic E-state index is 2.69. The van der Waals surface area contributed by atoms with Crippen LogP contribution in [0.5, 0.6) is 0 Å². The van der Waals surface area contributed by atoms with E-state index in [-0.39, 0.29) is 24.8 Å². The van der Waals surface area contributed by atoms with Crippen molar-refractivity contribution in [2.45, 2.75) is 129 Å². The largest absolute Gasteiger partial charge is 0.303 e. The Morgan fingerprint density at radius 2 is 0.808 bits per heavy atom. The average molecular weight is 411 g/mol. The summed E-state index contributed by atoms with van der Waals surface area (Å²) >= 11 is 0. The SMILES string of the molecule is CCCCCCCCCCCCCCCCCCN1CCCCC1.Cl.Cl. The molecule has 1 heterocycles. The predicted molar refractivity (Wildman–Crippen MR) is 124 cm³/mol. The molecule has 1 aliphatic rings. The molecule has 0 saturated carbocycles. The predicted octanol–water partition coefficient (Wildman–Crippen LogP) is 8.58. The van der Waals surface area contributed by atoms with Crippen LogP contribution in [0.15, 0.2) is 0 Å². The summed E-state index contributed by atoms with van der Waals surface area (Å²) in [5.41, 5.74) is 0. The lowest BCUT2D eigenvalue weighted by Gasteiger charge is -2.26. The molecule has 0 aliphatic carbocycles. The van der Waals surface area contributed by atoms with Crippen LogP contribution in [0.2, 0.25) is 0 Å². The fraction of sp³-hybridized carbons (Fsp3) is 1.00. The lowest BCUT2D eigenvalue weighted by molar-refractivity contribution is 0.224. The number of hydrogen-bond acceptors (Lipinski definition) is 1. The highest BCUT2D eigenvalue weighted by atomic mass is 35.5. The van der Waals surface area contributed by atoms with E-state index in [1.165, 1.54) is 142 Å². The van der Waals surface area contributed by atoms with Crippen molar-refractivity contribution in [3.63, 3.8) is 0 Å². The number of nitrogens with zero attached hydrogens (tertiary/aromatic N) is 1. The van der Waals surface area contributed by atoms with Crippen LogP contribution in [0.1, 0.15) is 129 Å². The van der Waals surface area contributed by atoms with Gasteiger partial charge in [-0.2, -0.15) is 0 Å². The molecular weight excluding hydrogens is 361 g/mol. The third kappa shape index (κ3) is 19.3. The monoisotopic (exact) mass is 409 g/mol. The normalized spacial score (nSPS) is 14.7. The van der Waals surface area contributed by atoms with Gasteiger partial charge in [-0.3, -0.25) is 0 Å². The van der Waals surface area contributed by atoms with Gasteiger partial charge in [0, 0.05) is 0 Å². The molecule has 3 heteroatoms. The minimum atomic E-state index is 0. The first kappa shape index (κ1) is 28.7. The van der Waals surface area contributed by atoms with Crippen LogP contribution >= 0.6 is 24.8 Å². The van der Waals surface area contributed by atoms with Crippen molar-refractivity contribution in [3.8, 4) is 0 Å². The van der Waals surface area contributed by atoms with E-state index in [1.807, 2.05) is 0 Å². The molecule has 0 radical (unpaired) electrons. The number of rotatable bonds is 17. The molecule has 0 amide bonds. The molecule has 0 N–H and O–H groups in total. The lowest BCUT2D eigenvalue weighted by atomic mass is 10.0. The third-order valence-corrected chi connectivity index (χ3v) is 5.78. The fourth-order valence-corrected chi connectivity index (χ4v) is 4.07. The third-order valence-electron chi connectivity index (χ3n) is 5.78. The maximum absolute atomic E-state index is 2.69. The molecule has 0 aromatic carbocycles. The van der Waals surface area contributed by atoms with E-state index in [1.54, 1.807) is 0 Å². The summed E-state index contributed by atoms with van der Waals surface area (Å²) in [6.45, 7) is 6.42. The summed E-state index contributed by atoms with van der Waals surface area (Å²) in [6.07, 6.45) is 27.9. The summed E-state index contributed by atoms with van der Waals surface area (Å²) in [5.74, 6) is 0. The number of hydrogen-bond donors (Lipinski definition) is 0. The van der Waals surface area contributed by atoms with Crippen molar-refractivity contribution in [2.75, 3.05) is 19.6 Å². The zero-order chi connectivity index (χ0) is 17.1. The Balaban J connectivity index is 0. The van der Waals surface area contributed by atoms with E-state index in [4.69, 9.17) is 0 Å². The highest BCUT2D eigenvalue weighted by molar-refractivity contribution is 5.85. The summed E-state index contributed by atoms with van der Waals surface area (Å²) < 4.78 is 0. The Bertz CT molecular complexity index is 242. The summed E-state index contributed by atoms with van der Waals surface area (Å²) in [4.78, 5) is 2.69. The highest BCUT2D eigenvalue weighted by Gasteiger charge is 2.08. The van der Waals surface area contributed by atoms with Gasteiger partial charge in [-0.25, -0.2) is 0 Å². The molecule has 0 unspecified atom stereocenters. The second-order valence-electron chi connectivity index (χ2n) is 8.21. The minimum Gasteiger partial charge on any atom is -0.303 e. The van der Waals surface area contributed by atoms with Gasteiger partial charge in [-0.1, -0.05) is 110 Å². The van der Waals surface area contributed by atoms with Gasteiger partial charge in [-0.05, 0) is 38.9 Å². The van der Waals surface area contributed by atoms with Crippen LogP contribution in [0, 0.1) is 0 Å². The molecule has 1 nitrogen and oxygen atoms in total. The average Bonchev–Trinajstić information content (AvgIpc) is 2.62. The zero-order valence-electron chi connectivity index (χ0n) is 17.8. The number of unbranched alkanes of at least 4 members (excludes halogenated alkanes) is 15. The topological polar surface area (TPSA) is 3.24 Å². The van der Waals surface area contributed by atoms with E-state index < -0.39 is 0 Å². The van der Waals surface area contributed by atoms with Gasteiger partial charge < -0.3 is 4.90 Å². The van der Waals surface area contributed by atoms with Gasteiger partial charge in [0.1, 0.15) is 0 Å². The molecule has 0 atom stereocenters. The molecule has 1 saturated heterocycles. The van der Waals surface area contributed by atoms with Crippen molar-refractivity contribution in [2.24, 2.45) is 0 Å². The number of likely N-dealkylation sites (tertiary alicyclic amines) is 1. The second kappa shape index (κ2) is 23.6. The van der Waals surface area contributed by atoms with Gasteiger partial charge in [0.05, 0.1) is 0 Å². The van der Waals surface area contributed by atoms with E-state index in [2.05, 4.69) is 11.8 Å². The van der Waals surface area contributed by atoms with E-state index >= 15 is 0 Å². The molecule has 0 aromatic heterocycles. The van der Waals surface area contributed by atoms with Gasteiger partial charge in [-0.15, -0.1) is 24.8 Å². The van der Waals surface area contributed by atoms with Gasteiger partial charge in [0.25, 0.3) is 0 Å². The standard InChI is InChI=1S/C23H47N.2ClH/c1-2-3-4-5-6-7-8-9-10-11-12-13-14-15-16-18-21-24-22-19-17-20-23-24;;/h2-23H2,1H3;2*1H. The number of piperidine rings is 1. The molecule has 0 aromatic rings. The van der Waals surface area contributed by atoms with Gasteiger partial charge in [0.2, 0.25) is 0 Å². The van der Waals surface area contributed by atoms with Crippen molar-refractivity contribution in [1.29, 1.82) is 0 Å². The second-order valence-corrected chi connectivity index (χ2v) is 8.21. The molecular formula is C23H49Cl2N. The number of halogens is 2. The first-order chi connectivity index (χ1) is 11.9. The van der Waals surface area contributed by atoms with Crippen LogP contribution in [0.25, 0.3) is 0 Å². The van der Waals surface area contributed by atoms with Gasteiger partial charge in [0.15, 0.2) is 0 Å². The fourth-order valence-electron chi connectivity index (χ4n) is 4.07. The van der Waals surface area contributed by atoms with Crippen molar-refractivity contribution < 1.29 is 0 Å². The van der Waals surface area contributed by atoms with Crippen LogP contribution in [-0.2, 0) is 0 Å². The molecule has 160 valence electrons. The van der Waals surface area contributed by atoms with Crippen molar-refractivity contribution in [3.05, 3.63) is 0 Å². The minimum absolute atomic E-state index is 0. The molecule has 1 rings (SSSR count). The van der Waals surface area contributed by atoms with Crippen molar-refractivity contribution >= 4 is 24.8 Å². The van der Waals surface area contributed by atoms with Crippen LogP contribution < -0.4 is 0 Å². The molecule has 26 heavy (non-hydrogen) atoms. The van der Waals surface area contributed by atoms with Crippen molar-refractivity contribution in [1.82, 2.24) is 4.90 Å². The Hall–Kier alpha value is 0.540. The molecule has 1 aliphatic heterocycles. The quantitative estimate of drug-likeness (QED) is 0.217. The summed E-state index contributed by atoms with van der Waals surface area (Å²) in [5, 5.41) is 0. The summed E-state index contributed by atoms with van der Waals surface area (Å²) in [6, 6.07) is 0. The van der Waals surface area contributed by atoms with E-state index in [0.29, 0.717) is 0 Å². The zero-order valence-corrected chi connectivity index (χ0v) is 19.5. The molecule has 0 bridgehead atoms. The Kier molecular flexibility index (Phi) is 26.1. The molecule has 0 spiro atoms. The van der Waals surface area contributed by atoms with Crippen LogP contribution in [0.3, 0.4) is 0 Å².